The summed E-state index contributed by atoms with van der Waals surface area (Å²) in [6.07, 6.45) is 0.559. The summed E-state index contributed by atoms with van der Waals surface area (Å²) in [6, 6.07) is 10.6. The molecule has 1 saturated heterocycles. The van der Waals surface area contributed by atoms with E-state index in [1.54, 1.807) is 49.3 Å². The topological polar surface area (TPSA) is 80.3 Å². The average Bonchev–Trinajstić information content (AvgIpc) is 3.31. The number of urea groups is 1. The van der Waals surface area contributed by atoms with E-state index in [2.05, 4.69) is 5.32 Å². The van der Waals surface area contributed by atoms with Gasteiger partial charge in [0.1, 0.15) is 17.2 Å². The molecule has 1 atom stereocenters. The molecule has 1 N–H and O–H groups in total. The number of hydrogen-bond acceptors (Lipinski definition) is 5. The second-order valence-electron chi connectivity index (χ2n) is 7.50. The van der Waals surface area contributed by atoms with Crippen LogP contribution in [0.1, 0.15) is 12.0 Å². The number of fused-ring (bicyclic) bond motifs is 2. The van der Waals surface area contributed by atoms with Crippen molar-refractivity contribution >= 4 is 23.3 Å². The highest BCUT2D eigenvalue weighted by Gasteiger charge is 2.54. The monoisotopic (exact) mass is 411 g/mol. The summed E-state index contributed by atoms with van der Waals surface area (Å²) in [6.45, 7) is 0.779. The van der Waals surface area contributed by atoms with E-state index >= 15 is 0 Å². The predicted molar refractivity (Wildman–Crippen MR) is 113 cm³/mol. The summed E-state index contributed by atoms with van der Waals surface area (Å²) in [4.78, 5) is 29.5. The number of amides is 3. The first-order chi connectivity index (χ1) is 14.4. The zero-order valence-electron chi connectivity index (χ0n) is 17.5. The summed E-state index contributed by atoms with van der Waals surface area (Å²) in [5.41, 5.74) is 1.56. The Hall–Kier alpha value is -3.42. The third kappa shape index (κ3) is 2.99. The van der Waals surface area contributed by atoms with Crippen molar-refractivity contribution in [2.75, 3.05) is 51.7 Å². The lowest BCUT2D eigenvalue weighted by Crippen LogP contribution is -2.43. The van der Waals surface area contributed by atoms with Gasteiger partial charge in [-0.2, -0.15) is 0 Å². The SMILES string of the molecule is COc1ccc(NC(=O)N2CC[C@]3(C2)C(=O)N(C)c2ccc(OC)cc23)c(OC)c1. The molecule has 30 heavy (non-hydrogen) atoms. The van der Waals surface area contributed by atoms with Crippen LogP contribution in [0.15, 0.2) is 36.4 Å². The van der Waals surface area contributed by atoms with Crippen LogP contribution in [0.2, 0.25) is 0 Å². The van der Waals surface area contributed by atoms with Crippen LogP contribution in [0.5, 0.6) is 17.2 Å². The van der Waals surface area contributed by atoms with Crippen molar-refractivity contribution in [3.05, 3.63) is 42.0 Å². The number of carbonyl (C=O) groups excluding carboxylic acids is 2. The van der Waals surface area contributed by atoms with E-state index in [0.29, 0.717) is 42.4 Å². The second-order valence-corrected chi connectivity index (χ2v) is 7.50. The Bertz CT molecular complexity index is 1010. The number of nitrogens with one attached hydrogen (secondary N) is 1. The lowest BCUT2D eigenvalue weighted by Gasteiger charge is -2.24. The van der Waals surface area contributed by atoms with Gasteiger partial charge in [0.25, 0.3) is 0 Å². The number of rotatable bonds is 4. The van der Waals surface area contributed by atoms with E-state index in [1.807, 2.05) is 18.2 Å². The minimum absolute atomic E-state index is 0.00285. The maximum absolute atomic E-state index is 13.2. The molecule has 2 aliphatic heterocycles. The van der Waals surface area contributed by atoms with Crippen molar-refractivity contribution in [1.29, 1.82) is 0 Å². The second kappa shape index (κ2) is 7.44. The molecular weight excluding hydrogens is 386 g/mol. The van der Waals surface area contributed by atoms with Crippen molar-refractivity contribution in [3.63, 3.8) is 0 Å². The molecule has 2 aromatic rings. The molecule has 2 heterocycles. The Balaban J connectivity index is 1.58. The molecular formula is C22H25N3O5. The van der Waals surface area contributed by atoms with Crippen LogP contribution in [0.3, 0.4) is 0 Å². The third-order valence-electron chi connectivity index (χ3n) is 6.00. The number of likely N-dealkylation sites (N-methyl/N-ethyl adjacent to an activating group) is 1. The first kappa shape index (κ1) is 19.9. The van der Waals surface area contributed by atoms with Gasteiger partial charge >= 0.3 is 6.03 Å². The van der Waals surface area contributed by atoms with Gasteiger partial charge in [0.2, 0.25) is 5.91 Å². The van der Waals surface area contributed by atoms with E-state index < -0.39 is 5.41 Å². The molecule has 8 nitrogen and oxygen atoms in total. The van der Waals surface area contributed by atoms with Crippen LogP contribution in [0.25, 0.3) is 0 Å². The van der Waals surface area contributed by atoms with Crippen molar-refractivity contribution < 1.29 is 23.8 Å². The van der Waals surface area contributed by atoms with Crippen molar-refractivity contribution in [2.45, 2.75) is 11.8 Å². The van der Waals surface area contributed by atoms with Crippen molar-refractivity contribution in [3.8, 4) is 17.2 Å². The highest BCUT2D eigenvalue weighted by atomic mass is 16.5. The summed E-state index contributed by atoms with van der Waals surface area (Å²) >= 11 is 0. The molecule has 1 fully saturated rings. The average molecular weight is 411 g/mol. The highest BCUT2D eigenvalue weighted by molar-refractivity contribution is 6.09. The molecule has 0 radical (unpaired) electrons. The Labute approximate surface area is 175 Å². The third-order valence-corrected chi connectivity index (χ3v) is 6.00. The minimum Gasteiger partial charge on any atom is -0.497 e. The van der Waals surface area contributed by atoms with Gasteiger partial charge in [-0.05, 0) is 42.3 Å². The molecule has 8 heteroatoms. The van der Waals surface area contributed by atoms with Gasteiger partial charge < -0.3 is 29.3 Å². The van der Waals surface area contributed by atoms with Crippen molar-refractivity contribution in [2.24, 2.45) is 0 Å². The van der Waals surface area contributed by atoms with Gasteiger partial charge in [0.05, 0.1) is 32.4 Å². The molecule has 0 saturated carbocycles. The van der Waals surface area contributed by atoms with Gasteiger partial charge in [-0.25, -0.2) is 4.79 Å². The Morgan fingerprint density at radius 3 is 2.43 bits per heavy atom. The lowest BCUT2D eigenvalue weighted by atomic mass is 9.81. The van der Waals surface area contributed by atoms with Crippen LogP contribution in [0, 0.1) is 0 Å². The molecule has 2 aromatic carbocycles. The number of ether oxygens (including phenoxy) is 3. The summed E-state index contributed by atoms with van der Waals surface area (Å²) in [7, 11) is 6.48. The van der Waals surface area contributed by atoms with E-state index in [1.165, 1.54) is 7.11 Å². The van der Waals surface area contributed by atoms with Crippen LogP contribution in [-0.2, 0) is 10.2 Å². The molecule has 4 rings (SSSR count). The van der Waals surface area contributed by atoms with E-state index in [0.717, 1.165) is 11.3 Å². The Morgan fingerprint density at radius 1 is 1.03 bits per heavy atom. The van der Waals surface area contributed by atoms with E-state index in [9.17, 15) is 9.59 Å². The largest absolute Gasteiger partial charge is 0.497 e. The molecule has 0 aliphatic carbocycles. The number of benzene rings is 2. The molecule has 2 aliphatic rings. The molecule has 3 amide bonds. The fourth-order valence-corrected chi connectivity index (χ4v) is 4.34. The fourth-order valence-electron chi connectivity index (χ4n) is 4.34. The lowest BCUT2D eigenvalue weighted by molar-refractivity contribution is -0.122. The Morgan fingerprint density at radius 2 is 1.73 bits per heavy atom. The zero-order chi connectivity index (χ0) is 21.5. The molecule has 158 valence electrons. The normalized spacial score (nSPS) is 19.8. The number of methoxy groups -OCH3 is 3. The number of nitrogens with zero attached hydrogens (tertiary/aromatic N) is 2. The van der Waals surface area contributed by atoms with Crippen LogP contribution in [-0.4, -0.2) is 58.3 Å². The highest BCUT2D eigenvalue weighted by Crippen LogP contribution is 2.48. The smallest absolute Gasteiger partial charge is 0.321 e. The number of anilines is 2. The van der Waals surface area contributed by atoms with Gasteiger partial charge in [-0.15, -0.1) is 0 Å². The quantitative estimate of drug-likeness (QED) is 0.837. The van der Waals surface area contributed by atoms with Gasteiger partial charge in [0, 0.05) is 31.9 Å². The van der Waals surface area contributed by atoms with E-state index in [-0.39, 0.29) is 11.9 Å². The molecule has 0 bridgehead atoms. The number of hydrogen-bond donors (Lipinski definition) is 1. The van der Waals surface area contributed by atoms with Gasteiger partial charge in [-0.3, -0.25) is 4.79 Å². The maximum atomic E-state index is 13.2. The molecule has 1 spiro atoms. The standard InChI is InChI=1S/C22H25N3O5/c1-24-18-8-6-14(28-2)11-16(18)22(20(24)26)9-10-25(13-22)21(27)23-17-7-5-15(29-3)12-19(17)30-4/h5-8,11-12H,9-10,13H2,1-4H3,(H,23,27)/t22-/m1/s1. The summed E-state index contributed by atoms with van der Waals surface area (Å²) in [5.74, 6) is 1.84. The first-order valence-corrected chi connectivity index (χ1v) is 9.68. The number of likely N-dealkylation sites (tertiary alicyclic amines) is 1. The molecule has 0 aromatic heterocycles. The predicted octanol–water partition coefficient (Wildman–Crippen LogP) is 2.86. The van der Waals surface area contributed by atoms with Crippen LogP contribution in [0.4, 0.5) is 16.2 Å². The van der Waals surface area contributed by atoms with Crippen LogP contribution < -0.4 is 24.4 Å². The summed E-state index contributed by atoms with van der Waals surface area (Å²) in [5, 5.41) is 2.89. The molecule has 0 unspecified atom stereocenters. The van der Waals surface area contributed by atoms with Gasteiger partial charge in [0.15, 0.2) is 0 Å². The summed E-state index contributed by atoms with van der Waals surface area (Å²) < 4.78 is 15.9. The van der Waals surface area contributed by atoms with Crippen molar-refractivity contribution in [1.82, 2.24) is 4.90 Å². The number of carbonyl (C=O) groups is 2. The fraction of sp³-hybridized carbons (Fsp3) is 0.364. The van der Waals surface area contributed by atoms with E-state index in [4.69, 9.17) is 14.2 Å². The minimum atomic E-state index is -0.750. The first-order valence-electron chi connectivity index (χ1n) is 9.68. The zero-order valence-corrected chi connectivity index (χ0v) is 17.5. The maximum Gasteiger partial charge on any atom is 0.321 e. The Kier molecular flexibility index (Phi) is 4.93. The van der Waals surface area contributed by atoms with Crippen LogP contribution >= 0.6 is 0 Å². The van der Waals surface area contributed by atoms with Gasteiger partial charge in [-0.1, -0.05) is 0 Å².